The van der Waals surface area contributed by atoms with Crippen LogP contribution in [-0.2, 0) is 16.1 Å². The minimum atomic E-state index is -0.632. The highest BCUT2D eigenvalue weighted by molar-refractivity contribution is 9.10. The normalized spacial score (nSPS) is 17.2. The second kappa shape index (κ2) is 7.13. The fourth-order valence-electron chi connectivity index (χ4n) is 2.84. The van der Waals surface area contributed by atoms with Crippen LogP contribution in [0.15, 0.2) is 47.1 Å². The molecular weight excluding hydrogens is 370 g/mol. The molecule has 124 valence electrons. The van der Waals surface area contributed by atoms with Gasteiger partial charge in [0.25, 0.3) is 0 Å². The monoisotopic (exact) mass is 387 g/mol. The lowest BCUT2D eigenvalue weighted by Crippen LogP contribution is -2.36. The molecule has 0 spiro atoms. The van der Waals surface area contributed by atoms with Gasteiger partial charge in [-0.05, 0) is 43.2 Å². The van der Waals surface area contributed by atoms with Crippen LogP contribution in [-0.4, -0.2) is 23.3 Å². The zero-order chi connectivity index (χ0) is 17.1. The van der Waals surface area contributed by atoms with Crippen molar-refractivity contribution in [2.75, 3.05) is 11.4 Å². The van der Waals surface area contributed by atoms with Crippen LogP contribution in [0.25, 0.3) is 0 Å². The molecule has 1 aliphatic rings. The molecule has 0 aliphatic carbocycles. The molecule has 2 aromatic rings. The Balaban J connectivity index is 1.67. The molecule has 1 unspecified atom stereocenters. The maximum Gasteiger partial charge on any atom is 0.239 e. The van der Waals surface area contributed by atoms with Gasteiger partial charge in [-0.3, -0.25) is 14.6 Å². The van der Waals surface area contributed by atoms with Gasteiger partial charge < -0.3 is 10.2 Å². The molecule has 1 N–H and O–H groups in total. The SMILES string of the molecule is Cc1ccc(Br)cc1N1CCC(C(=O)NCc2ccccn2)C1=O. The van der Waals surface area contributed by atoms with E-state index in [-0.39, 0.29) is 11.8 Å². The number of hydrogen-bond acceptors (Lipinski definition) is 3. The van der Waals surface area contributed by atoms with Gasteiger partial charge in [0, 0.05) is 22.9 Å². The average Bonchev–Trinajstić information content (AvgIpc) is 2.97. The largest absolute Gasteiger partial charge is 0.350 e. The minimum Gasteiger partial charge on any atom is -0.350 e. The molecular formula is C18H18BrN3O2. The van der Waals surface area contributed by atoms with Crippen molar-refractivity contribution < 1.29 is 9.59 Å². The first kappa shape index (κ1) is 16.6. The zero-order valence-corrected chi connectivity index (χ0v) is 14.9. The van der Waals surface area contributed by atoms with Gasteiger partial charge in [0.2, 0.25) is 11.8 Å². The summed E-state index contributed by atoms with van der Waals surface area (Å²) in [5.74, 6) is -1.01. The summed E-state index contributed by atoms with van der Waals surface area (Å²) in [6, 6.07) is 11.4. The number of anilines is 1. The number of halogens is 1. The quantitative estimate of drug-likeness (QED) is 0.820. The van der Waals surface area contributed by atoms with Gasteiger partial charge in [-0.1, -0.05) is 28.1 Å². The van der Waals surface area contributed by atoms with Crippen molar-refractivity contribution in [1.82, 2.24) is 10.3 Å². The molecule has 3 rings (SSSR count). The first-order chi connectivity index (χ1) is 11.6. The Labute approximate surface area is 149 Å². The molecule has 2 heterocycles. The number of carbonyl (C=O) groups excluding carboxylic acids is 2. The number of nitrogens with one attached hydrogen (secondary N) is 1. The summed E-state index contributed by atoms with van der Waals surface area (Å²) in [6.07, 6.45) is 2.21. The van der Waals surface area contributed by atoms with Crippen molar-refractivity contribution in [1.29, 1.82) is 0 Å². The van der Waals surface area contributed by atoms with Crippen LogP contribution in [0.2, 0.25) is 0 Å². The van der Waals surface area contributed by atoms with Crippen LogP contribution >= 0.6 is 15.9 Å². The van der Waals surface area contributed by atoms with Crippen LogP contribution in [0.3, 0.4) is 0 Å². The van der Waals surface area contributed by atoms with E-state index in [4.69, 9.17) is 0 Å². The molecule has 0 bridgehead atoms. The predicted molar refractivity (Wildman–Crippen MR) is 95.4 cm³/mol. The summed E-state index contributed by atoms with van der Waals surface area (Å²) in [4.78, 5) is 30.9. The summed E-state index contributed by atoms with van der Waals surface area (Å²) in [5.41, 5.74) is 2.64. The van der Waals surface area contributed by atoms with E-state index in [0.29, 0.717) is 19.5 Å². The smallest absolute Gasteiger partial charge is 0.239 e. The lowest BCUT2D eigenvalue weighted by atomic mass is 10.1. The summed E-state index contributed by atoms with van der Waals surface area (Å²) >= 11 is 3.43. The fourth-order valence-corrected chi connectivity index (χ4v) is 3.19. The second-order valence-corrected chi connectivity index (χ2v) is 6.72. The molecule has 2 amide bonds. The number of rotatable bonds is 4. The van der Waals surface area contributed by atoms with Crippen molar-refractivity contribution in [3.63, 3.8) is 0 Å². The maximum atomic E-state index is 12.7. The van der Waals surface area contributed by atoms with E-state index in [1.54, 1.807) is 11.1 Å². The summed E-state index contributed by atoms with van der Waals surface area (Å²) < 4.78 is 0.916. The van der Waals surface area contributed by atoms with Gasteiger partial charge in [-0.15, -0.1) is 0 Å². The Morgan fingerprint density at radius 2 is 2.21 bits per heavy atom. The lowest BCUT2D eigenvalue weighted by molar-refractivity contribution is -0.132. The first-order valence-corrected chi connectivity index (χ1v) is 8.60. The van der Waals surface area contributed by atoms with E-state index in [1.807, 2.05) is 43.3 Å². The molecule has 24 heavy (non-hydrogen) atoms. The second-order valence-electron chi connectivity index (χ2n) is 5.80. The summed E-state index contributed by atoms with van der Waals surface area (Å²) in [7, 11) is 0. The van der Waals surface area contributed by atoms with Crippen molar-refractivity contribution in [3.05, 3.63) is 58.3 Å². The number of hydrogen-bond donors (Lipinski definition) is 1. The van der Waals surface area contributed by atoms with Gasteiger partial charge in [0.05, 0.1) is 12.2 Å². The number of benzene rings is 1. The Kier molecular flexibility index (Phi) is 4.94. The maximum absolute atomic E-state index is 12.7. The Bertz CT molecular complexity index is 764. The Morgan fingerprint density at radius 1 is 1.38 bits per heavy atom. The van der Waals surface area contributed by atoms with Gasteiger partial charge >= 0.3 is 0 Å². The number of pyridine rings is 1. The molecule has 1 fully saturated rings. The number of carbonyl (C=O) groups is 2. The first-order valence-electron chi connectivity index (χ1n) is 7.81. The van der Waals surface area contributed by atoms with Gasteiger partial charge in [-0.25, -0.2) is 0 Å². The highest BCUT2D eigenvalue weighted by Gasteiger charge is 2.37. The molecule has 1 aromatic heterocycles. The summed E-state index contributed by atoms with van der Waals surface area (Å²) in [6.45, 7) is 2.85. The minimum absolute atomic E-state index is 0.144. The van der Waals surface area contributed by atoms with E-state index in [1.165, 1.54) is 0 Å². The van der Waals surface area contributed by atoms with E-state index < -0.39 is 5.92 Å². The molecule has 1 saturated heterocycles. The van der Waals surface area contributed by atoms with Crippen LogP contribution in [0.4, 0.5) is 5.69 Å². The van der Waals surface area contributed by atoms with E-state index in [2.05, 4.69) is 26.2 Å². The van der Waals surface area contributed by atoms with E-state index >= 15 is 0 Å². The third-order valence-corrected chi connectivity index (χ3v) is 4.65. The molecule has 1 atom stereocenters. The topological polar surface area (TPSA) is 62.3 Å². The van der Waals surface area contributed by atoms with Crippen LogP contribution < -0.4 is 10.2 Å². The third kappa shape index (κ3) is 3.48. The van der Waals surface area contributed by atoms with Crippen molar-refractivity contribution in [3.8, 4) is 0 Å². The molecule has 1 aliphatic heterocycles. The number of nitrogens with zero attached hydrogens (tertiary/aromatic N) is 2. The van der Waals surface area contributed by atoms with Crippen LogP contribution in [0.1, 0.15) is 17.7 Å². The Hall–Kier alpha value is -2.21. The van der Waals surface area contributed by atoms with Crippen molar-refractivity contribution in [2.45, 2.75) is 19.9 Å². The summed E-state index contributed by atoms with van der Waals surface area (Å²) in [5, 5.41) is 2.81. The van der Waals surface area contributed by atoms with Crippen LogP contribution in [0.5, 0.6) is 0 Å². The number of aryl methyl sites for hydroxylation is 1. The standard InChI is InChI=1S/C18H18BrN3O2/c1-12-5-6-13(19)10-16(12)22-9-7-15(18(22)24)17(23)21-11-14-4-2-3-8-20-14/h2-6,8,10,15H,7,9,11H2,1H3,(H,21,23). The van der Waals surface area contributed by atoms with E-state index in [0.717, 1.165) is 21.4 Å². The number of aromatic nitrogens is 1. The molecule has 0 radical (unpaired) electrons. The molecule has 5 nitrogen and oxygen atoms in total. The lowest BCUT2D eigenvalue weighted by Gasteiger charge is -2.19. The van der Waals surface area contributed by atoms with Crippen molar-refractivity contribution in [2.24, 2.45) is 5.92 Å². The Morgan fingerprint density at radius 3 is 2.96 bits per heavy atom. The highest BCUT2D eigenvalue weighted by Crippen LogP contribution is 2.30. The average molecular weight is 388 g/mol. The molecule has 6 heteroatoms. The van der Waals surface area contributed by atoms with Gasteiger partial charge in [0.15, 0.2) is 0 Å². The zero-order valence-electron chi connectivity index (χ0n) is 13.3. The molecule has 0 saturated carbocycles. The highest BCUT2D eigenvalue weighted by atomic mass is 79.9. The predicted octanol–water partition coefficient (Wildman–Crippen LogP) is 2.82. The third-order valence-electron chi connectivity index (χ3n) is 4.15. The van der Waals surface area contributed by atoms with E-state index in [9.17, 15) is 9.59 Å². The van der Waals surface area contributed by atoms with Gasteiger partial charge in [-0.2, -0.15) is 0 Å². The molecule has 1 aromatic carbocycles. The van der Waals surface area contributed by atoms with Crippen molar-refractivity contribution >= 4 is 33.4 Å². The van der Waals surface area contributed by atoms with Gasteiger partial charge in [0.1, 0.15) is 5.92 Å². The number of amides is 2. The van der Waals surface area contributed by atoms with Crippen LogP contribution in [0, 0.1) is 12.8 Å². The fraction of sp³-hybridized carbons (Fsp3) is 0.278.